The van der Waals surface area contributed by atoms with Crippen LogP contribution >= 0.6 is 0 Å². The Labute approximate surface area is 112 Å². The number of aromatic nitrogens is 1. The van der Waals surface area contributed by atoms with E-state index in [4.69, 9.17) is 18.6 Å². The number of pyridine rings is 1. The number of hydrogen-bond acceptors (Lipinski definition) is 4. The van der Waals surface area contributed by atoms with E-state index in [1.807, 2.05) is 0 Å². The molecule has 2 aromatic rings. The van der Waals surface area contributed by atoms with Gasteiger partial charge in [0.05, 0.1) is 6.42 Å². The van der Waals surface area contributed by atoms with Crippen molar-refractivity contribution in [1.29, 1.82) is 0 Å². The van der Waals surface area contributed by atoms with Gasteiger partial charge in [0.1, 0.15) is 0 Å². The molecule has 0 saturated heterocycles. The Balaban J connectivity index is 0.000000232. The minimum absolute atomic E-state index is 1.07. The lowest BCUT2D eigenvalue weighted by molar-refractivity contribution is -2.00. The Morgan fingerprint density at radius 3 is 2.37 bits per heavy atom. The molecule has 1 aromatic heterocycles. The molecule has 0 bridgehead atoms. The zero-order chi connectivity index (χ0) is 14.0. The van der Waals surface area contributed by atoms with Crippen LogP contribution in [0.4, 0.5) is 0 Å². The van der Waals surface area contributed by atoms with Crippen molar-refractivity contribution in [3.05, 3.63) is 59.4 Å². The zero-order valence-electron chi connectivity index (χ0n) is 10.2. The van der Waals surface area contributed by atoms with Gasteiger partial charge >= 0.3 is 0 Å². The topological polar surface area (TPSA) is 96.1 Å². The van der Waals surface area contributed by atoms with Gasteiger partial charge < -0.3 is 0 Å². The summed E-state index contributed by atoms with van der Waals surface area (Å²) in [6.45, 7) is 2.14. The first kappa shape index (κ1) is 13.9. The van der Waals surface area contributed by atoms with Crippen LogP contribution in [0.15, 0.2) is 42.6 Å². The molecule has 1 aliphatic heterocycles. The summed E-state index contributed by atoms with van der Waals surface area (Å²) in [6.07, 6.45) is 3.23. The minimum atomic E-state index is -4.94. The predicted octanol–water partition coefficient (Wildman–Crippen LogP) is -2.58. The summed E-state index contributed by atoms with van der Waals surface area (Å²) in [6, 6.07) is 13.0. The summed E-state index contributed by atoms with van der Waals surface area (Å²) >= 11 is 0. The van der Waals surface area contributed by atoms with Crippen LogP contribution in [0.25, 0.3) is 5.69 Å². The van der Waals surface area contributed by atoms with E-state index in [9.17, 15) is 0 Å². The van der Waals surface area contributed by atoms with Gasteiger partial charge in [-0.25, -0.2) is 18.6 Å². The maximum atomic E-state index is 8.49. The third kappa shape index (κ3) is 3.73. The first-order valence-electron chi connectivity index (χ1n) is 5.56. The average molecular weight is 282 g/mol. The molecule has 0 N–H and O–H groups in total. The molecule has 0 aliphatic carbocycles. The molecule has 0 fully saturated rings. The van der Waals surface area contributed by atoms with E-state index >= 15 is 0 Å². The fraction of sp³-hybridized carbons (Fsp3) is 0.154. The highest BCUT2D eigenvalue weighted by Crippen LogP contribution is 2.20. The lowest BCUT2D eigenvalue weighted by Gasteiger charge is -2.17. The first-order valence-corrected chi connectivity index (χ1v) is 6.79. The number of rotatable bonds is 0. The van der Waals surface area contributed by atoms with Gasteiger partial charge in [0.15, 0.2) is 11.9 Å². The summed E-state index contributed by atoms with van der Waals surface area (Å²) < 4.78 is 36.3. The third-order valence-corrected chi connectivity index (χ3v) is 2.81. The Bertz CT molecular complexity index is 589. The molecule has 0 unspecified atom stereocenters. The largest absolute Gasteiger partial charge is 0.222 e. The quantitative estimate of drug-likeness (QED) is 0.423. The number of fused-ring (bicyclic) bond motifs is 3. The number of nitrogens with zero attached hydrogens (tertiary/aromatic N) is 1. The van der Waals surface area contributed by atoms with Crippen LogP contribution in [-0.2, 0) is 6.42 Å². The van der Waals surface area contributed by atoms with E-state index in [-0.39, 0.29) is 0 Å². The Morgan fingerprint density at radius 1 is 1.05 bits per heavy atom. The molecule has 100 valence electrons. The molecule has 0 atom stereocenters. The normalized spacial score (nSPS) is 12.3. The number of aryl methyl sites for hydroxylation is 1. The van der Waals surface area contributed by atoms with E-state index in [1.54, 1.807) is 0 Å². The summed E-state index contributed by atoms with van der Waals surface area (Å²) in [5, 5.41) is 0. The van der Waals surface area contributed by atoms with Crippen molar-refractivity contribution in [2.45, 2.75) is 13.3 Å². The van der Waals surface area contributed by atoms with Crippen LogP contribution in [0.5, 0.6) is 0 Å². The van der Waals surface area contributed by atoms with Crippen molar-refractivity contribution in [3.63, 3.8) is 0 Å². The predicted molar refractivity (Wildman–Crippen MR) is 55.5 cm³/mol. The third-order valence-electron chi connectivity index (χ3n) is 2.81. The first-order chi connectivity index (χ1) is 8.84. The van der Waals surface area contributed by atoms with Crippen LogP contribution < -0.4 is 23.2 Å². The molecule has 0 radical (unpaired) electrons. The minimum Gasteiger partial charge on any atom is -0.222 e. The van der Waals surface area contributed by atoms with Gasteiger partial charge in [0, 0.05) is 23.8 Å². The molecule has 2 heterocycles. The monoisotopic (exact) mass is 281 g/mol. The highest BCUT2D eigenvalue weighted by molar-refractivity contribution is 5.40. The van der Waals surface area contributed by atoms with Gasteiger partial charge in [-0.3, -0.25) is 0 Å². The zero-order valence-corrected chi connectivity index (χ0v) is 11.0. The van der Waals surface area contributed by atoms with Crippen molar-refractivity contribution in [1.82, 2.24) is 0 Å². The van der Waals surface area contributed by atoms with Crippen LogP contribution in [0.1, 0.15) is 16.8 Å². The van der Waals surface area contributed by atoms with Crippen LogP contribution in [0, 0.1) is 17.2 Å². The summed E-state index contributed by atoms with van der Waals surface area (Å²) in [5.74, 6) is 0. The van der Waals surface area contributed by atoms with E-state index in [0.717, 1.165) is 6.42 Å². The van der Waals surface area contributed by atoms with Crippen LogP contribution in [-0.4, -0.2) is 0 Å². The summed E-state index contributed by atoms with van der Waals surface area (Å²) in [5.41, 5.74) is 5.50. The van der Waals surface area contributed by atoms with Crippen LogP contribution in [0.2, 0.25) is 0 Å². The molecule has 0 amide bonds. The maximum Gasteiger partial charge on any atom is 0.214 e. The molecule has 0 saturated carbocycles. The molecule has 6 heteroatoms. The lowest BCUT2D eigenvalue weighted by atomic mass is 10.1. The Hall–Kier alpha value is -1.50. The van der Waals surface area contributed by atoms with Gasteiger partial charge in [-0.2, -0.15) is 4.57 Å². The van der Waals surface area contributed by atoms with E-state index in [2.05, 4.69) is 54.1 Å². The lowest BCUT2D eigenvalue weighted by Crippen LogP contribution is -2.68. The summed E-state index contributed by atoms with van der Waals surface area (Å²) in [4.78, 5) is 0. The SMILES string of the molecule is Cc1cc[n+]2c(c1)Cc1ccccc1-2.[O-][Cl+3]([O-])([O-])[O-]. The van der Waals surface area contributed by atoms with Crippen molar-refractivity contribution >= 4 is 0 Å². The second kappa shape index (κ2) is 5.24. The van der Waals surface area contributed by atoms with Gasteiger partial charge in [-0.1, -0.05) is 18.2 Å². The number of halogens is 1. The molecular weight excluding hydrogens is 270 g/mol. The highest BCUT2D eigenvalue weighted by atomic mass is 35.7. The number of benzene rings is 1. The molecule has 3 rings (SSSR count). The van der Waals surface area contributed by atoms with Crippen molar-refractivity contribution in [2.24, 2.45) is 0 Å². The van der Waals surface area contributed by atoms with Gasteiger partial charge in [-0.15, -0.1) is 10.2 Å². The molecule has 0 spiro atoms. The van der Waals surface area contributed by atoms with Gasteiger partial charge in [-0.05, 0) is 12.5 Å². The fourth-order valence-corrected chi connectivity index (χ4v) is 2.13. The van der Waals surface area contributed by atoms with Gasteiger partial charge in [0.25, 0.3) is 0 Å². The van der Waals surface area contributed by atoms with E-state index in [1.165, 1.54) is 22.5 Å². The Morgan fingerprint density at radius 2 is 1.68 bits per heavy atom. The fourth-order valence-electron chi connectivity index (χ4n) is 2.13. The van der Waals surface area contributed by atoms with Crippen molar-refractivity contribution < 1.29 is 33.4 Å². The second-order valence-corrected chi connectivity index (χ2v) is 5.00. The maximum absolute atomic E-state index is 8.49. The Kier molecular flexibility index (Phi) is 3.84. The van der Waals surface area contributed by atoms with E-state index < -0.39 is 10.2 Å². The summed E-state index contributed by atoms with van der Waals surface area (Å²) in [7, 11) is -4.94. The van der Waals surface area contributed by atoms with Crippen molar-refractivity contribution in [2.75, 3.05) is 0 Å². The van der Waals surface area contributed by atoms with Crippen molar-refractivity contribution in [3.8, 4) is 5.69 Å². The number of hydrogen-bond donors (Lipinski definition) is 0. The van der Waals surface area contributed by atoms with Gasteiger partial charge in [0.2, 0.25) is 5.69 Å². The van der Waals surface area contributed by atoms with E-state index in [0.29, 0.717) is 0 Å². The highest BCUT2D eigenvalue weighted by Gasteiger charge is 2.25. The molecule has 1 aromatic carbocycles. The standard InChI is InChI=1S/C13H12N.ClHO4/c1-10-6-7-14-12(8-10)9-11-4-2-3-5-13(11)14;2-1(3,4)5/h2-8H,9H2,1H3;(H,2,3,4,5)/q+1;/p-1. The molecule has 1 aliphatic rings. The molecule has 19 heavy (non-hydrogen) atoms. The average Bonchev–Trinajstić information content (AvgIpc) is 2.63. The van der Waals surface area contributed by atoms with Crippen LogP contribution in [0.3, 0.4) is 0 Å². The smallest absolute Gasteiger partial charge is 0.214 e. The molecular formula is C13H12ClNO4. The molecule has 5 nitrogen and oxygen atoms in total. The number of para-hydroxylation sites is 1. The second-order valence-electron chi connectivity index (χ2n) is 4.25.